The first-order valence-electron chi connectivity index (χ1n) is 8.95. The molecule has 4 rings (SSSR count). The van der Waals surface area contributed by atoms with E-state index < -0.39 is 6.61 Å². The first kappa shape index (κ1) is 16.4. The lowest BCUT2D eigenvalue weighted by atomic mass is 9.83. The maximum Gasteiger partial charge on any atom is 0.387 e. The summed E-state index contributed by atoms with van der Waals surface area (Å²) in [6.45, 7) is -2.85. The van der Waals surface area contributed by atoms with E-state index in [0.29, 0.717) is 11.7 Å². The molecule has 0 bridgehead atoms. The first-order chi connectivity index (χ1) is 12.2. The fraction of sp³-hybridized carbons (Fsp3) is 0.526. The van der Waals surface area contributed by atoms with Gasteiger partial charge in [-0.05, 0) is 74.1 Å². The third-order valence-corrected chi connectivity index (χ3v) is 5.27. The molecule has 2 aromatic rings. The van der Waals surface area contributed by atoms with Gasteiger partial charge in [-0.15, -0.1) is 0 Å². The lowest BCUT2D eigenvalue weighted by Gasteiger charge is -2.24. The van der Waals surface area contributed by atoms with E-state index in [0.717, 1.165) is 50.5 Å². The lowest BCUT2D eigenvalue weighted by molar-refractivity contribution is -0.0520. The maximum atomic E-state index is 12.7. The Morgan fingerprint density at radius 3 is 2.76 bits per heavy atom. The van der Waals surface area contributed by atoms with E-state index in [-0.39, 0.29) is 11.9 Å². The molecule has 0 saturated heterocycles. The van der Waals surface area contributed by atoms with E-state index in [9.17, 15) is 8.78 Å². The number of aromatic nitrogens is 2. The van der Waals surface area contributed by atoms with Gasteiger partial charge in [0.2, 0.25) is 0 Å². The predicted octanol–water partition coefficient (Wildman–Crippen LogP) is 4.61. The summed E-state index contributed by atoms with van der Waals surface area (Å²) in [5.74, 6) is 0.921. The van der Waals surface area contributed by atoms with Crippen LogP contribution in [0.5, 0.6) is 11.5 Å². The predicted molar refractivity (Wildman–Crippen MR) is 89.3 cm³/mol. The highest BCUT2D eigenvalue weighted by Gasteiger charge is 2.24. The van der Waals surface area contributed by atoms with Gasteiger partial charge in [0.05, 0.1) is 12.3 Å². The second kappa shape index (κ2) is 7.02. The van der Waals surface area contributed by atoms with Gasteiger partial charge in [0.15, 0.2) is 11.5 Å². The molecule has 2 aliphatic rings. The number of fused-ring (bicyclic) bond motifs is 1. The Morgan fingerprint density at radius 1 is 1.12 bits per heavy atom. The summed E-state index contributed by atoms with van der Waals surface area (Å²) < 4.78 is 36.1. The lowest BCUT2D eigenvalue weighted by Crippen LogP contribution is -2.15. The molecule has 0 amide bonds. The molecule has 1 N–H and O–H groups in total. The largest absolute Gasteiger partial charge is 0.487 e. The zero-order valence-corrected chi connectivity index (χ0v) is 14.0. The third-order valence-electron chi connectivity index (χ3n) is 5.27. The van der Waals surface area contributed by atoms with Gasteiger partial charge in [-0.2, -0.15) is 13.9 Å². The number of rotatable bonds is 5. The number of benzene rings is 1. The SMILES string of the molecule is FC(F)Oc1ccc(C2CCc3[nH]ncc3C2)cc1OC1CCCC1. The van der Waals surface area contributed by atoms with Crippen LogP contribution in [-0.4, -0.2) is 22.9 Å². The molecule has 0 radical (unpaired) electrons. The monoisotopic (exact) mass is 348 g/mol. The van der Waals surface area contributed by atoms with E-state index in [4.69, 9.17) is 4.74 Å². The molecule has 134 valence electrons. The summed E-state index contributed by atoms with van der Waals surface area (Å²) in [6, 6.07) is 5.40. The second-order valence-corrected chi connectivity index (χ2v) is 6.92. The minimum atomic E-state index is -2.85. The number of alkyl halides is 2. The van der Waals surface area contributed by atoms with Crippen LogP contribution in [0, 0.1) is 0 Å². The number of aromatic amines is 1. The Hall–Kier alpha value is -2.11. The van der Waals surface area contributed by atoms with Gasteiger partial charge in [-0.1, -0.05) is 6.07 Å². The van der Waals surface area contributed by atoms with E-state index >= 15 is 0 Å². The van der Waals surface area contributed by atoms with Crippen molar-refractivity contribution in [2.45, 2.75) is 63.6 Å². The van der Waals surface area contributed by atoms with Crippen LogP contribution in [-0.2, 0) is 12.8 Å². The molecule has 4 nitrogen and oxygen atoms in total. The summed E-state index contributed by atoms with van der Waals surface area (Å²) in [4.78, 5) is 0. The maximum absolute atomic E-state index is 12.7. The summed E-state index contributed by atoms with van der Waals surface area (Å²) in [5, 5.41) is 7.15. The quantitative estimate of drug-likeness (QED) is 0.859. The molecular formula is C19H22F2N2O2. The highest BCUT2D eigenvalue weighted by Crippen LogP contribution is 2.38. The van der Waals surface area contributed by atoms with Gasteiger partial charge in [-0.3, -0.25) is 5.10 Å². The fourth-order valence-corrected chi connectivity index (χ4v) is 3.95. The molecule has 6 heteroatoms. The molecule has 1 saturated carbocycles. The molecule has 0 aliphatic heterocycles. The van der Waals surface area contributed by atoms with E-state index in [1.165, 1.54) is 11.3 Å². The molecule has 25 heavy (non-hydrogen) atoms. The van der Waals surface area contributed by atoms with Crippen LogP contribution in [0.1, 0.15) is 54.8 Å². The summed E-state index contributed by atoms with van der Waals surface area (Å²) >= 11 is 0. The van der Waals surface area contributed by atoms with E-state index in [1.54, 1.807) is 6.07 Å². The number of nitrogens with zero attached hydrogens (tertiary/aromatic N) is 1. The molecule has 2 aliphatic carbocycles. The van der Waals surface area contributed by atoms with Crippen molar-refractivity contribution in [1.29, 1.82) is 0 Å². The zero-order valence-electron chi connectivity index (χ0n) is 14.0. The zero-order chi connectivity index (χ0) is 17.2. The second-order valence-electron chi connectivity index (χ2n) is 6.92. The fourth-order valence-electron chi connectivity index (χ4n) is 3.95. The standard InChI is InChI=1S/C19H22F2N2O2/c20-19(21)25-17-8-6-13(10-18(17)24-15-3-1-2-4-15)12-5-7-16-14(9-12)11-22-23-16/h6,8,10-12,15,19H,1-5,7,9H2,(H,22,23). The average molecular weight is 348 g/mol. The van der Waals surface area contributed by atoms with Crippen LogP contribution in [0.4, 0.5) is 8.78 Å². The highest BCUT2D eigenvalue weighted by molar-refractivity contribution is 5.45. The van der Waals surface area contributed by atoms with Crippen LogP contribution >= 0.6 is 0 Å². The molecule has 1 aromatic carbocycles. The topological polar surface area (TPSA) is 47.1 Å². The molecule has 1 fully saturated rings. The molecule has 1 heterocycles. The van der Waals surface area contributed by atoms with Crippen molar-refractivity contribution in [1.82, 2.24) is 10.2 Å². The Morgan fingerprint density at radius 2 is 1.96 bits per heavy atom. The smallest absolute Gasteiger partial charge is 0.387 e. The van der Waals surface area contributed by atoms with Crippen LogP contribution in [0.3, 0.4) is 0 Å². The Labute approximate surface area is 145 Å². The van der Waals surface area contributed by atoms with Crippen molar-refractivity contribution in [3.8, 4) is 11.5 Å². The number of aryl methyl sites for hydroxylation is 1. The van der Waals surface area contributed by atoms with E-state index in [2.05, 4.69) is 14.9 Å². The Kier molecular flexibility index (Phi) is 4.59. The normalized spacial score (nSPS) is 20.7. The highest BCUT2D eigenvalue weighted by atomic mass is 19.3. The third kappa shape index (κ3) is 3.62. The minimum Gasteiger partial charge on any atom is -0.487 e. The van der Waals surface area contributed by atoms with Gasteiger partial charge in [0.25, 0.3) is 0 Å². The van der Waals surface area contributed by atoms with Crippen molar-refractivity contribution in [2.24, 2.45) is 0 Å². The Balaban J connectivity index is 1.58. The molecule has 1 aromatic heterocycles. The molecular weight excluding hydrogens is 326 g/mol. The van der Waals surface area contributed by atoms with Crippen LogP contribution in [0.2, 0.25) is 0 Å². The number of ether oxygens (including phenoxy) is 2. The number of halogens is 2. The van der Waals surface area contributed by atoms with Crippen LogP contribution in [0.25, 0.3) is 0 Å². The minimum absolute atomic E-state index is 0.0992. The van der Waals surface area contributed by atoms with Crippen LogP contribution < -0.4 is 9.47 Å². The molecule has 1 atom stereocenters. The van der Waals surface area contributed by atoms with Gasteiger partial charge < -0.3 is 9.47 Å². The number of nitrogens with one attached hydrogen (secondary N) is 1. The summed E-state index contributed by atoms with van der Waals surface area (Å²) in [7, 11) is 0. The van der Waals surface area contributed by atoms with Crippen molar-refractivity contribution in [2.75, 3.05) is 0 Å². The van der Waals surface area contributed by atoms with Crippen molar-refractivity contribution >= 4 is 0 Å². The number of H-pyrrole nitrogens is 1. The number of hydrogen-bond acceptors (Lipinski definition) is 3. The summed E-state index contributed by atoms with van der Waals surface area (Å²) in [5.41, 5.74) is 3.56. The summed E-state index contributed by atoms with van der Waals surface area (Å²) in [6.07, 6.45) is 9.04. The molecule has 0 spiro atoms. The van der Waals surface area contributed by atoms with Gasteiger partial charge in [0, 0.05) is 5.69 Å². The van der Waals surface area contributed by atoms with Crippen molar-refractivity contribution < 1.29 is 18.3 Å². The molecule has 1 unspecified atom stereocenters. The van der Waals surface area contributed by atoms with Gasteiger partial charge in [0.1, 0.15) is 0 Å². The van der Waals surface area contributed by atoms with E-state index in [1.807, 2.05) is 18.3 Å². The first-order valence-corrected chi connectivity index (χ1v) is 8.95. The van der Waals surface area contributed by atoms with Crippen molar-refractivity contribution in [3.05, 3.63) is 41.2 Å². The Bertz CT molecular complexity index is 726. The average Bonchev–Trinajstić information content (AvgIpc) is 3.26. The van der Waals surface area contributed by atoms with Gasteiger partial charge in [-0.25, -0.2) is 0 Å². The van der Waals surface area contributed by atoms with Gasteiger partial charge >= 0.3 is 6.61 Å². The van der Waals surface area contributed by atoms with Crippen molar-refractivity contribution in [3.63, 3.8) is 0 Å². The number of hydrogen-bond donors (Lipinski definition) is 1. The van der Waals surface area contributed by atoms with Crippen LogP contribution in [0.15, 0.2) is 24.4 Å².